The Hall–Kier alpha value is -2.91. The van der Waals surface area contributed by atoms with Crippen molar-refractivity contribution in [2.75, 3.05) is 11.1 Å². The van der Waals surface area contributed by atoms with Gasteiger partial charge in [0.1, 0.15) is 6.33 Å². The van der Waals surface area contributed by atoms with Crippen LogP contribution in [-0.4, -0.2) is 36.2 Å². The minimum absolute atomic E-state index is 0.133. The quantitative estimate of drug-likeness (QED) is 0.504. The Morgan fingerprint density at radius 3 is 2.78 bits per heavy atom. The van der Waals surface area contributed by atoms with Crippen LogP contribution in [0.1, 0.15) is 5.56 Å². The molecule has 0 aliphatic carbocycles. The second-order valence-electron chi connectivity index (χ2n) is 5.76. The van der Waals surface area contributed by atoms with E-state index in [-0.39, 0.29) is 11.7 Å². The molecule has 1 N–H and O–H groups in total. The summed E-state index contributed by atoms with van der Waals surface area (Å²) in [7, 11) is 0. The van der Waals surface area contributed by atoms with Gasteiger partial charge in [-0.2, -0.15) is 0 Å². The summed E-state index contributed by atoms with van der Waals surface area (Å²) in [5, 5.41) is 14.0. The summed E-state index contributed by atoms with van der Waals surface area (Å²) in [5.74, 6) is 0.0891. The number of carbonyl (C=O) groups is 1. The van der Waals surface area contributed by atoms with Crippen LogP contribution in [0.4, 0.5) is 5.13 Å². The van der Waals surface area contributed by atoms with Crippen molar-refractivity contribution in [1.29, 1.82) is 0 Å². The van der Waals surface area contributed by atoms with E-state index in [9.17, 15) is 4.79 Å². The number of amides is 1. The van der Waals surface area contributed by atoms with E-state index in [1.165, 1.54) is 28.7 Å². The highest BCUT2D eigenvalue weighted by atomic mass is 32.2. The van der Waals surface area contributed by atoms with Crippen LogP contribution >= 0.6 is 23.1 Å². The van der Waals surface area contributed by atoms with Crippen molar-refractivity contribution >= 4 is 34.1 Å². The molecule has 0 unspecified atom stereocenters. The number of aromatic nitrogens is 5. The molecule has 4 rings (SSSR count). The van der Waals surface area contributed by atoms with Crippen LogP contribution in [0, 0.1) is 6.92 Å². The monoisotopic (exact) mass is 396 g/mol. The van der Waals surface area contributed by atoms with Gasteiger partial charge in [-0.15, -0.1) is 21.5 Å². The molecular weight excluding hydrogens is 380 g/mol. The molecular formula is C18H16N6OS2. The van der Waals surface area contributed by atoms with Gasteiger partial charge in [0.25, 0.3) is 0 Å². The van der Waals surface area contributed by atoms with Crippen LogP contribution in [0.3, 0.4) is 0 Å². The number of nitrogens with one attached hydrogen (secondary N) is 1. The number of hydrogen-bond donors (Lipinski definition) is 1. The number of nitrogens with zero attached hydrogens (tertiary/aromatic N) is 5. The molecule has 0 atom stereocenters. The van der Waals surface area contributed by atoms with E-state index in [0.29, 0.717) is 10.3 Å². The molecule has 0 saturated heterocycles. The number of anilines is 1. The molecule has 7 nitrogen and oxygen atoms in total. The van der Waals surface area contributed by atoms with Crippen molar-refractivity contribution < 1.29 is 4.79 Å². The summed E-state index contributed by atoms with van der Waals surface area (Å²) in [5.41, 5.74) is 3.09. The van der Waals surface area contributed by atoms with E-state index in [4.69, 9.17) is 0 Å². The minimum atomic E-state index is -0.133. The Morgan fingerprint density at radius 1 is 1.22 bits per heavy atom. The molecule has 0 bridgehead atoms. The highest BCUT2D eigenvalue weighted by Gasteiger charge is 2.12. The number of thioether (sulfide) groups is 1. The van der Waals surface area contributed by atoms with Gasteiger partial charge >= 0.3 is 0 Å². The number of thiazole rings is 1. The molecule has 0 aliphatic rings. The molecule has 9 heteroatoms. The van der Waals surface area contributed by atoms with Gasteiger partial charge in [0.15, 0.2) is 5.13 Å². The van der Waals surface area contributed by atoms with E-state index in [2.05, 4.69) is 20.5 Å². The average molecular weight is 397 g/mol. The zero-order valence-electron chi connectivity index (χ0n) is 14.4. The van der Waals surface area contributed by atoms with E-state index in [1.54, 1.807) is 11.0 Å². The molecule has 0 fully saturated rings. The van der Waals surface area contributed by atoms with Gasteiger partial charge in [-0.25, -0.2) is 9.66 Å². The molecule has 4 aromatic rings. The average Bonchev–Trinajstić information content (AvgIpc) is 3.41. The Labute approximate surface area is 164 Å². The first-order valence-electron chi connectivity index (χ1n) is 8.18. The van der Waals surface area contributed by atoms with Crippen LogP contribution in [-0.2, 0) is 4.79 Å². The third kappa shape index (κ3) is 4.09. The molecule has 3 heterocycles. The summed E-state index contributed by atoms with van der Waals surface area (Å²) in [6.07, 6.45) is 5.38. The number of rotatable bonds is 6. The van der Waals surface area contributed by atoms with E-state index >= 15 is 0 Å². The van der Waals surface area contributed by atoms with Gasteiger partial charge in [0, 0.05) is 23.3 Å². The van der Waals surface area contributed by atoms with Gasteiger partial charge in [-0.05, 0) is 19.1 Å². The van der Waals surface area contributed by atoms with Gasteiger partial charge in [0.2, 0.25) is 11.1 Å². The normalized spacial score (nSPS) is 10.9. The smallest absolute Gasteiger partial charge is 0.236 e. The Balaban J connectivity index is 1.37. The molecule has 3 aromatic heterocycles. The molecule has 0 radical (unpaired) electrons. The number of aryl methyl sites for hydroxylation is 1. The fourth-order valence-electron chi connectivity index (χ4n) is 2.42. The summed E-state index contributed by atoms with van der Waals surface area (Å²) in [4.78, 5) is 16.8. The maximum Gasteiger partial charge on any atom is 0.236 e. The van der Waals surface area contributed by atoms with Crippen molar-refractivity contribution in [3.05, 3.63) is 66.1 Å². The fourth-order valence-corrected chi connectivity index (χ4v) is 3.86. The summed E-state index contributed by atoms with van der Waals surface area (Å²) in [6.45, 7) is 2.05. The van der Waals surface area contributed by atoms with E-state index in [1.807, 2.05) is 65.8 Å². The summed E-state index contributed by atoms with van der Waals surface area (Å²) >= 11 is 2.73. The highest BCUT2D eigenvalue weighted by Crippen LogP contribution is 2.25. The van der Waals surface area contributed by atoms with Crippen molar-refractivity contribution in [2.24, 2.45) is 0 Å². The van der Waals surface area contributed by atoms with Crippen LogP contribution in [0.2, 0.25) is 0 Å². The lowest BCUT2D eigenvalue weighted by Crippen LogP contribution is -2.15. The fraction of sp³-hybridized carbons (Fsp3) is 0.111. The van der Waals surface area contributed by atoms with E-state index in [0.717, 1.165) is 11.3 Å². The number of benzene rings is 1. The molecule has 27 heavy (non-hydrogen) atoms. The zero-order valence-corrected chi connectivity index (χ0v) is 16.1. The minimum Gasteiger partial charge on any atom is -0.301 e. The van der Waals surface area contributed by atoms with Crippen molar-refractivity contribution in [2.45, 2.75) is 12.1 Å². The molecule has 0 aliphatic heterocycles. The number of carbonyl (C=O) groups excluding carboxylic acids is 1. The van der Waals surface area contributed by atoms with E-state index < -0.39 is 0 Å². The number of hydrogen-bond acceptors (Lipinski definition) is 6. The molecule has 0 spiro atoms. The standard InChI is InChI=1S/C18H16N6OS2/c1-13-4-6-14(7-5-13)15-10-26-17(20-15)21-16(25)11-27-18-22-19-12-24(18)23-8-2-3-9-23/h2-10,12H,11H2,1H3,(H,20,21,25). The summed E-state index contributed by atoms with van der Waals surface area (Å²) in [6, 6.07) is 12.0. The third-order valence-electron chi connectivity index (χ3n) is 3.77. The van der Waals surface area contributed by atoms with Gasteiger partial charge in [0.05, 0.1) is 11.4 Å². The first-order chi connectivity index (χ1) is 13.2. The second-order valence-corrected chi connectivity index (χ2v) is 7.56. The van der Waals surface area contributed by atoms with Crippen LogP contribution in [0.5, 0.6) is 0 Å². The van der Waals surface area contributed by atoms with Gasteiger partial charge in [-0.3, -0.25) is 9.47 Å². The highest BCUT2D eigenvalue weighted by molar-refractivity contribution is 7.99. The molecule has 0 saturated carbocycles. The maximum atomic E-state index is 12.3. The Bertz CT molecular complexity index is 1040. The second kappa shape index (κ2) is 7.77. The zero-order chi connectivity index (χ0) is 18.6. The predicted molar refractivity (Wildman–Crippen MR) is 107 cm³/mol. The largest absolute Gasteiger partial charge is 0.301 e. The van der Waals surface area contributed by atoms with Crippen LogP contribution < -0.4 is 5.32 Å². The first kappa shape index (κ1) is 17.5. The van der Waals surface area contributed by atoms with Crippen molar-refractivity contribution in [3.8, 4) is 11.3 Å². The van der Waals surface area contributed by atoms with Gasteiger partial charge < -0.3 is 5.32 Å². The first-order valence-corrected chi connectivity index (χ1v) is 10.0. The van der Waals surface area contributed by atoms with Crippen molar-refractivity contribution in [1.82, 2.24) is 24.5 Å². The van der Waals surface area contributed by atoms with Gasteiger partial charge in [-0.1, -0.05) is 41.6 Å². The van der Waals surface area contributed by atoms with Crippen molar-refractivity contribution in [3.63, 3.8) is 0 Å². The Kier molecular flexibility index (Phi) is 5.03. The lowest BCUT2D eigenvalue weighted by atomic mass is 10.1. The predicted octanol–water partition coefficient (Wildman–Crippen LogP) is 3.55. The molecule has 1 amide bonds. The SMILES string of the molecule is Cc1ccc(-c2csc(NC(=O)CSc3nncn3-n3cccc3)n2)cc1. The topological polar surface area (TPSA) is 77.6 Å². The Morgan fingerprint density at radius 2 is 2.00 bits per heavy atom. The molecule has 136 valence electrons. The van der Waals surface area contributed by atoms with Crippen LogP contribution in [0.15, 0.2) is 65.7 Å². The maximum absolute atomic E-state index is 12.3. The third-order valence-corrected chi connectivity index (χ3v) is 5.46. The van der Waals surface area contributed by atoms with Crippen LogP contribution in [0.25, 0.3) is 11.3 Å². The lowest BCUT2D eigenvalue weighted by Gasteiger charge is -2.06. The lowest BCUT2D eigenvalue weighted by molar-refractivity contribution is -0.113. The summed E-state index contributed by atoms with van der Waals surface area (Å²) < 4.78 is 3.62. The molecule has 1 aromatic carbocycles.